The topological polar surface area (TPSA) is 64.0 Å². The minimum atomic E-state index is -0.0385. The molecule has 1 aromatic heterocycles. The summed E-state index contributed by atoms with van der Waals surface area (Å²) in [7, 11) is 0. The summed E-state index contributed by atoms with van der Waals surface area (Å²) in [6.45, 7) is 4.89. The fourth-order valence-electron chi connectivity index (χ4n) is 7.49. The molecule has 4 aliphatic rings. The van der Waals surface area contributed by atoms with Gasteiger partial charge in [-0.05, 0) is 80.5 Å². The lowest BCUT2D eigenvalue weighted by Crippen LogP contribution is -2.51. The summed E-state index contributed by atoms with van der Waals surface area (Å²) < 4.78 is 17.8. The predicted octanol–water partition coefficient (Wildman–Crippen LogP) is 5.11. The van der Waals surface area contributed by atoms with E-state index in [1.54, 1.807) is 6.26 Å². The molecular weight excluding hydrogens is 426 g/mol. The lowest BCUT2D eigenvalue weighted by molar-refractivity contribution is -0.147. The lowest BCUT2D eigenvalue weighted by Gasteiger charge is -2.51. The van der Waals surface area contributed by atoms with Gasteiger partial charge < -0.3 is 19.2 Å². The van der Waals surface area contributed by atoms with Crippen LogP contribution in [0.1, 0.15) is 62.7 Å². The highest BCUT2D eigenvalue weighted by atomic mass is 16.6. The predicted molar refractivity (Wildman–Crippen MR) is 129 cm³/mol. The molecule has 0 radical (unpaired) electrons. The van der Waals surface area contributed by atoms with Crippen molar-refractivity contribution in [2.75, 3.05) is 19.7 Å². The zero-order chi connectivity index (χ0) is 23.2. The molecule has 2 aromatic rings. The van der Waals surface area contributed by atoms with E-state index < -0.39 is 0 Å². The van der Waals surface area contributed by atoms with Gasteiger partial charge >= 0.3 is 5.97 Å². The quantitative estimate of drug-likeness (QED) is 0.335. The van der Waals surface area contributed by atoms with Crippen LogP contribution in [0, 0.1) is 23.2 Å². The zero-order valence-corrected chi connectivity index (χ0v) is 20.2. The van der Waals surface area contributed by atoms with E-state index in [0.717, 1.165) is 44.6 Å². The molecule has 3 heterocycles. The average molecular weight is 464 g/mol. The van der Waals surface area contributed by atoms with Crippen molar-refractivity contribution < 1.29 is 18.7 Å². The van der Waals surface area contributed by atoms with Crippen LogP contribution in [0.5, 0.6) is 0 Å². The summed E-state index contributed by atoms with van der Waals surface area (Å²) in [5, 5.41) is 3.61. The second kappa shape index (κ2) is 8.83. The van der Waals surface area contributed by atoms with Gasteiger partial charge in [0.2, 0.25) is 0 Å². The van der Waals surface area contributed by atoms with Gasteiger partial charge in [-0.1, -0.05) is 37.3 Å². The van der Waals surface area contributed by atoms with Gasteiger partial charge in [0.1, 0.15) is 11.9 Å². The molecule has 5 nitrogen and oxygen atoms in total. The summed E-state index contributed by atoms with van der Waals surface area (Å²) in [5.74, 6) is 2.21. The Morgan fingerprint density at radius 3 is 2.76 bits per heavy atom. The van der Waals surface area contributed by atoms with Gasteiger partial charge in [-0.15, -0.1) is 0 Å². The standard InChI is InChI=1S/C29H37NO4/c1-28-11-6-12-29(19-33-29)26(28)16-22-23(27(31)34-25(22)17-28)18-30-13-10-21(24-9-5-14-32-24)15-20-7-3-2-4-8-20/h2-5,7-9,14,21-23,25-26,30H,6,10-13,15-19H2,1H3/t21?,22-,23?,25-,26?,28-,29?/m1/s1. The van der Waals surface area contributed by atoms with Crippen molar-refractivity contribution in [2.45, 2.75) is 69.5 Å². The van der Waals surface area contributed by atoms with Crippen LogP contribution in [0.25, 0.3) is 0 Å². The fraction of sp³-hybridized carbons (Fsp3) is 0.621. The molecular formula is C29H37NO4. The monoisotopic (exact) mass is 463 g/mol. The highest BCUT2D eigenvalue weighted by Gasteiger charge is 2.64. The molecule has 2 saturated heterocycles. The third kappa shape index (κ3) is 4.11. The Kier molecular flexibility index (Phi) is 5.81. The number of ether oxygens (including phenoxy) is 2. The van der Waals surface area contributed by atoms with E-state index in [0.29, 0.717) is 24.3 Å². The van der Waals surface area contributed by atoms with Crippen molar-refractivity contribution in [3.05, 3.63) is 60.1 Å². The summed E-state index contributed by atoms with van der Waals surface area (Å²) in [5.41, 5.74) is 1.68. The van der Waals surface area contributed by atoms with Crippen molar-refractivity contribution in [1.82, 2.24) is 5.32 Å². The molecule has 182 valence electrons. The van der Waals surface area contributed by atoms with Crippen LogP contribution in [0.4, 0.5) is 0 Å². The maximum absolute atomic E-state index is 12.9. The number of esters is 1. The SMILES string of the molecule is C[C@]12CCCC3(CO3)C1C[C@@H]1C(CNCCC(Cc3ccccc3)c3ccco3)C(=O)O[C@@H]1C2. The molecule has 34 heavy (non-hydrogen) atoms. The van der Waals surface area contributed by atoms with E-state index in [1.165, 1.54) is 24.8 Å². The van der Waals surface area contributed by atoms with Crippen LogP contribution in [-0.4, -0.2) is 37.4 Å². The largest absolute Gasteiger partial charge is 0.469 e. The Hall–Kier alpha value is -2.11. The highest BCUT2D eigenvalue weighted by Crippen LogP contribution is 2.62. The Bertz CT molecular complexity index is 985. The molecule has 6 rings (SSSR count). The highest BCUT2D eigenvalue weighted by molar-refractivity contribution is 5.75. The first kappa shape index (κ1) is 22.4. The number of fused-ring (bicyclic) bond motifs is 3. The minimum absolute atomic E-state index is 0.00221. The van der Waals surface area contributed by atoms with Crippen LogP contribution in [0.3, 0.4) is 0 Å². The maximum Gasteiger partial charge on any atom is 0.310 e. The molecule has 4 unspecified atom stereocenters. The van der Waals surface area contributed by atoms with Crippen molar-refractivity contribution in [3.8, 4) is 0 Å². The number of hydrogen-bond donors (Lipinski definition) is 1. The normalized spacial score (nSPS) is 37.1. The Balaban J connectivity index is 1.07. The molecule has 2 saturated carbocycles. The van der Waals surface area contributed by atoms with Gasteiger partial charge in [0.15, 0.2) is 0 Å². The first-order valence-corrected chi connectivity index (χ1v) is 13.2. The number of hydrogen-bond acceptors (Lipinski definition) is 5. The van der Waals surface area contributed by atoms with Crippen LogP contribution >= 0.6 is 0 Å². The van der Waals surface area contributed by atoms with E-state index in [9.17, 15) is 4.79 Å². The molecule has 1 N–H and O–H groups in total. The van der Waals surface area contributed by atoms with Crippen molar-refractivity contribution in [2.24, 2.45) is 23.2 Å². The maximum atomic E-state index is 12.9. The number of epoxide rings is 1. The Morgan fingerprint density at radius 2 is 2.00 bits per heavy atom. The van der Waals surface area contributed by atoms with E-state index in [2.05, 4.69) is 48.6 Å². The third-order valence-electron chi connectivity index (χ3n) is 9.38. The second-order valence-corrected chi connectivity index (χ2v) is 11.5. The number of carbonyl (C=O) groups excluding carboxylic acids is 1. The molecule has 0 amide bonds. The number of benzene rings is 1. The van der Waals surface area contributed by atoms with Gasteiger partial charge in [-0.25, -0.2) is 0 Å². The van der Waals surface area contributed by atoms with Gasteiger partial charge in [-0.3, -0.25) is 4.79 Å². The van der Waals surface area contributed by atoms with Gasteiger partial charge in [0.05, 0.1) is 24.4 Å². The van der Waals surface area contributed by atoms with Gasteiger partial charge in [-0.2, -0.15) is 0 Å². The van der Waals surface area contributed by atoms with Crippen LogP contribution in [0.2, 0.25) is 0 Å². The van der Waals surface area contributed by atoms with Crippen LogP contribution in [-0.2, 0) is 20.7 Å². The second-order valence-electron chi connectivity index (χ2n) is 11.5. The molecule has 1 aromatic carbocycles. The van der Waals surface area contributed by atoms with E-state index in [-0.39, 0.29) is 29.0 Å². The molecule has 4 fully saturated rings. The van der Waals surface area contributed by atoms with E-state index in [4.69, 9.17) is 13.9 Å². The zero-order valence-electron chi connectivity index (χ0n) is 20.2. The number of rotatable bonds is 8. The number of nitrogens with one attached hydrogen (secondary N) is 1. The third-order valence-corrected chi connectivity index (χ3v) is 9.38. The minimum Gasteiger partial charge on any atom is -0.469 e. The van der Waals surface area contributed by atoms with E-state index in [1.807, 2.05) is 6.07 Å². The first-order chi connectivity index (χ1) is 16.6. The van der Waals surface area contributed by atoms with Crippen LogP contribution in [0.15, 0.2) is 53.1 Å². The van der Waals surface area contributed by atoms with Gasteiger partial charge in [0.25, 0.3) is 0 Å². The summed E-state index contributed by atoms with van der Waals surface area (Å²) >= 11 is 0. The molecule has 5 heteroatoms. The molecule has 1 spiro atoms. The molecule has 0 bridgehead atoms. The molecule has 7 atom stereocenters. The van der Waals surface area contributed by atoms with Gasteiger partial charge in [0, 0.05) is 18.4 Å². The lowest BCUT2D eigenvalue weighted by atomic mass is 9.53. The summed E-state index contributed by atoms with van der Waals surface area (Å²) in [6, 6.07) is 14.6. The van der Waals surface area contributed by atoms with Crippen LogP contribution < -0.4 is 5.32 Å². The average Bonchev–Trinajstić information content (AvgIpc) is 3.25. The number of furan rings is 1. The fourth-order valence-corrected chi connectivity index (χ4v) is 7.49. The summed E-state index contributed by atoms with van der Waals surface area (Å²) in [6.07, 6.45) is 9.51. The van der Waals surface area contributed by atoms with E-state index >= 15 is 0 Å². The Morgan fingerprint density at radius 1 is 1.15 bits per heavy atom. The molecule has 2 aliphatic carbocycles. The Labute approximate surface area is 202 Å². The first-order valence-electron chi connectivity index (χ1n) is 13.2. The van der Waals surface area contributed by atoms with Crippen molar-refractivity contribution >= 4 is 5.97 Å². The molecule has 2 aliphatic heterocycles. The summed E-state index contributed by atoms with van der Waals surface area (Å²) in [4.78, 5) is 12.9. The number of carbonyl (C=O) groups is 1. The van der Waals surface area contributed by atoms with Crippen molar-refractivity contribution in [1.29, 1.82) is 0 Å². The smallest absolute Gasteiger partial charge is 0.310 e. The van der Waals surface area contributed by atoms with Crippen molar-refractivity contribution in [3.63, 3.8) is 0 Å².